The van der Waals surface area contributed by atoms with Crippen LogP contribution >= 0.6 is 0 Å². The fourth-order valence-corrected chi connectivity index (χ4v) is 3.76. The van der Waals surface area contributed by atoms with Crippen molar-refractivity contribution in [2.45, 2.75) is 20.8 Å². The summed E-state index contributed by atoms with van der Waals surface area (Å²) in [6.45, 7) is 8.37. The lowest BCUT2D eigenvalue weighted by Crippen LogP contribution is -2.40. The molecule has 2 rings (SSSR count). The number of hydrogen-bond acceptors (Lipinski definition) is 5. The van der Waals surface area contributed by atoms with Crippen LogP contribution in [-0.4, -0.2) is 68.5 Å². The lowest BCUT2D eigenvalue weighted by Gasteiger charge is -2.18. The van der Waals surface area contributed by atoms with E-state index in [1.165, 1.54) is 0 Å². The lowest BCUT2D eigenvalue weighted by molar-refractivity contribution is 0.0664. The Morgan fingerprint density at radius 2 is 1.72 bits per heavy atom. The van der Waals surface area contributed by atoms with Gasteiger partial charge in [0.25, 0.3) is 11.8 Å². The van der Waals surface area contributed by atoms with Gasteiger partial charge in [0.15, 0.2) is 0 Å². The number of likely N-dealkylation sites (N-methyl/N-ethyl adjacent to an activating group) is 1. The standard InChI is InChI=1S/C17H25N3O4S/c1-4-19(5-2)9-8-18-25(23,24)11-10-20-16(21)14-7-6-13(3)12-15(14)17(20)22/h6-7,12,18H,4-5,8-11H2,1-3H3. The van der Waals surface area contributed by atoms with Gasteiger partial charge in [-0.3, -0.25) is 14.5 Å². The minimum atomic E-state index is -3.55. The van der Waals surface area contributed by atoms with Gasteiger partial charge in [0, 0.05) is 19.6 Å². The first-order valence-electron chi connectivity index (χ1n) is 8.45. The van der Waals surface area contributed by atoms with Crippen LogP contribution in [0.15, 0.2) is 18.2 Å². The van der Waals surface area contributed by atoms with Crippen LogP contribution < -0.4 is 4.72 Å². The summed E-state index contributed by atoms with van der Waals surface area (Å²) in [5.74, 6) is -1.16. The van der Waals surface area contributed by atoms with E-state index < -0.39 is 21.8 Å². The topological polar surface area (TPSA) is 86.8 Å². The maximum Gasteiger partial charge on any atom is 0.261 e. The van der Waals surface area contributed by atoms with Gasteiger partial charge in [-0.15, -0.1) is 0 Å². The number of sulfonamides is 1. The lowest BCUT2D eigenvalue weighted by atomic mass is 10.1. The van der Waals surface area contributed by atoms with Gasteiger partial charge in [0.1, 0.15) is 0 Å². The van der Waals surface area contributed by atoms with E-state index in [1.807, 2.05) is 20.8 Å². The largest absolute Gasteiger partial charge is 0.303 e. The van der Waals surface area contributed by atoms with Crippen LogP contribution in [0.25, 0.3) is 0 Å². The Morgan fingerprint density at radius 1 is 1.08 bits per heavy atom. The van der Waals surface area contributed by atoms with Crippen molar-refractivity contribution in [2.75, 3.05) is 38.5 Å². The summed E-state index contributed by atoms with van der Waals surface area (Å²) in [5.41, 5.74) is 1.56. The fourth-order valence-electron chi connectivity index (χ4n) is 2.79. The Balaban J connectivity index is 1.93. The molecule has 0 saturated carbocycles. The highest BCUT2D eigenvalue weighted by Gasteiger charge is 2.35. The zero-order valence-corrected chi connectivity index (χ0v) is 15.7. The second-order valence-electron chi connectivity index (χ2n) is 6.05. The number of imide groups is 1. The minimum Gasteiger partial charge on any atom is -0.303 e. The van der Waals surface area contributed by atoms with E-state index in [-0.39, 0.29) is 12.3 Å². The molecular formula is C17H25N3O4S. The first-order chi connectivity index (χ1) is 11.8. The van der Waals surface area contributed by atoms with Crippen molar-refractivity contribution in [3.8, 4) is 0 Å². The molecule has 0 bridgehead atoms. The monoisotopic (exact) mass is 367 g/mol. The zero-order chi connectivity index (χ0) is 18.6. The minimum absolute atomic E-state index is 0.147. The predicted molar refractivity (Wildman–Crippen MR) is 96.1 cm³/mol. The van der Waals surface area contributed by atoms with Crippen molar-refractivity contribution in [2.24, 2.45) is 0 Å². The summed E-state index contributed by atoms with van der Waals surface area (Å²) in [5, 5.41) is 0. The van der Waals surface area contributed by atoms with Crippen LogP contribution in [0.4, 0.5) is 0 Å². The van der Waals surface area contributed by atoms with Gasteiger partial charge in [-0.05, 0) is 32.1 Å². The van der Waals surface area contributed by atoms with E-state index in [2.05, 4.69) is 9.62 Å². The van der Waals surface area contributed by atoms with Crippen molar-refractivity contribution in [3.63, 3.8) is 0 Å². The molecule has 0 unspecified atom stereocenters. The average molecular weight is 367 g/mol. The number of aryl methyl sites for hydroxylation is 1. The molecule has 0 atom stereocenters. The third-order valence-corrected chi connectivity index (χ3v) is 5.72. The van der Waals surface area contributed by atoms with Crippen LogP contribution in [0.2, 0.25) is 0 Å². The van der Waals surface area contributed by atoms with Crippen molar-refractivity contribution in [3.05, 3.63) is 34.9 Å². The molecule has 1 aliphatic heterocycles. The smallest absolute Gasteiger partial charge is 0.261 e. The molecule has 138 valence electrons. The molecule has 0 spiro atoms. The van der Waals surface area contributed by atoms with E-state index in [0.717, 1.165) is 23.6 Å². The molecule has 1 aromatic rings. The first kappa shape index (κ1) is 19.6. The number of carbonyl (C=O) groups is 2. The zero-order valence-electron chi connectivity index (χ0n) is 14.9. The van der Waals surface area contributed by atoms with Gasteiger partial charge in [-0.25, -0.2) is 13.1 Å². The van der Waals surface area contributed by atoms with E-state index >= 15 is 0 Å². The number of fused-ring (bicyclic) bond motifs is 1. The molecule has 0 saturated heterocycles. The Kier molecular flexibility index (Phi) is 6.31. The maximum absolute atomic E-state index is 12.3. The predicted octanol–water partition coefficient (Wildman–Crippen LogP) is 0.852. The van der Waals surface area contributed by atoms with Gasteiger partial charge in [0.05, 0.1) is 16.9 Å². The fraction of sp³-hybridized carbons (Fsp3) is 0.529. The van der Waals surface area contributed by atoms with Gasteiger partial charge in [0.2, 0.25) is 10.0 Å². The second kappa shape index (κ2) is 8.07. The van der Waals surface area contributed by atoms with E-state index in [4.69, 9.17) is 0 Å². The van der Waals surface area contributed by atoms with Gasteiger partial charge >= 0.3 is 0 Å². The quantitative estimate of drug-likeness (QED) is 0.654. The average Bonchev–Trinajstić information content (AvgIpc) is 2.80. The highest BCUT2D eigenvalue weighted by Crippen LogP contribution is 2.23. The number of nitrogens with one attached hydrogen (secondary N) is 1. The van der Waals surface area contributed by atoms with Crippen LogP contribution in [0.3, 0.4) is 0 Å². The first-order valence-corrected chi connectivity index (χ1v) is 10.1. The number of rotatable bonds is 9. The van der Waals surface area contributed by atoms with E-state index in [9.17, 15) is 18.0 Å². The molecular weight excluding hydrogens is 342 g/mol. The van der Waals surface area contributed by atoms with Crippen molar-refractivity contribution < 1.29 is 18.0 Å². The molecule has 0 radical (unpaired) electrons. The van der Waals surface area contributed by atoms with Gasteiger partial charge in [-0.2, -0.15) is 0 Å². The molecule has 25 heavy (non-hydrogen) atoms. The van der Waals surface area contributed by atoms with Crippen LogP contribution in [-0.2, 0) is 10.0 Å². The molecule has 1 aromatic carbocycles. The van der Waals surface area contributed by atoms with Gasteiger partial charge in [-0.1, -0.05) is 25.5 Å². The highest BCUT2D eigenvalue weighted by molar-refractivity contribution is 7.89. The molecule has 0 aliphatic carbocycles. The Bertz CT molecular complexity index is 757. The molecule has 0 fully saturated rings. The number of benzene rings is 1. The SMILES string of the molecule is CCN(CC)CCNS(=O)(=O)CCN1C(=O)c2ccc(C)cc2C1=O. The molecule has 8 heteroatoms. The highest BCUT2D eigenvalue weighted by atomic mass is 32.2. The van der Waals surface area contributed by atoms with Crippen molar-refractivity contribution in [1.82, 2.24) is 14.5 Å². The summed E-state index contributed by atoms with van der Waals surface area (Å²) >= 11 is 0. The number of amides is 2. The number of hydrogen-bond donors (Lipinski definition) is 1. The summed E-state index contributed by atoms with van der Waals surface area (Å²) < 4.78 is 26.7. The summed E-state index contributed by atoms with van der Waals surface area (Å²) in [4.78, 5) is 27.8. The summed E-state index contributed by atoms with van der Waals surface area (Å²) in [7, 11) is -3.55. The summed E-state index contributed by atoms with van der Waals surface area (Å²) in [6.07, 6.45) is 0. The third-order valence-electron chi connectivity index (χ3n) is 4.35. The van der Waals surface area contributed by atoms with Crippen LogP contribution in [0.1, 0.15) is 40.1 Å². The van der Waals surface area contributed by atoms with Crippen molar-refractivity contribution >= 4 is 21.8 Å². The van der Waals surface area contributed by atoms with E-state index in [0.29, 0.717) is 24.2 Å². The molecule has 7 nitrogen and oxygen atoms in total. The van der Waals surface area contributed by atoms with E-state index in [1.54, 1.807) is 18.2 Å². The summed E-state index contributed by atoms with van der Waals surface area (Å²) in [6, 6.07) is 5.03. The van der Waals surface area contributed by atoms with Crippen molar-refractivity contribution in [1.29, 1.82) is 0 Å². The Morgan fingerprint density at radius 3 is 2.36 bits per heavy atom. The van der Waals surface area contributed by atoms with Crippen LogP contribution in [0.5, 0.6) is 0 Å². The molecule has 2 amide bonds. The Hall–Kier alpha value is -1.77. The number of nitrogens with zero attached hydrogens (tertiary/aromatic N) is 2. The molecule has 1 N–H and O–H groups in total. The molecule has 0 aromatic heterocycles. The van der Waals surface area contributed by atoms with Crippen LogP contribution in [0, 0.1) is 6.92 Å². The third kappa shape index (κ3) is 4.65. The normalized spacial score (nSPS) is 14.5. The number of carbonyl (C=O) groups excluding carboxylic acids is 2. The maximum atomic E-state index is 12.3. The molecule has 1 heterocycles. The van der Waals surface area contributed by atoms with Gasteiger partial charge < -0.3 is 4.90 Å². The second-order valence-corrected chi connectivity index (χ2v) is 7.98. The molecule has 1 aliphatic rings. The Labute approximate surface area is 149 Å².